The lowest BCUT2D eigenvalue weighted by Gasteiger charge is -2.13. The van der Waals surface area contributed by atoms with Crippen molar-refractivity contribution in [2.75, 3.05) is 13.7 Å². The fourth-order valence-electron chi connectivity index (χ4n) is 1.24. The lowest BCUT2D eigenvalue weighted by Crippen LogP contribution is -2.12. The summed E-state index contributed by atoms with van der Waals surface area (Å²) < 4.78 is 9.13. The molecule has 0 fully saturated rings. The van der Waals surface area contributed by atoms with Gasteiger partial charge in [-0.3, -0.25) is 0 Å². The number of ether oxygens (including phenoxy) is 2. The molecule has 0 rings (SSSR count). The fraction of sp³-hybridized carbons (Fsp3) is 0.600. The number of carbonyl (C=O) groups excluding carboxylic acids is 2. The summed E-state index contributed by atoms with van der Waals surface area (Å²) in [5.41, 5.74) is 0. The van der Waals surface area contributed by atoms with Crippen molar-refractivity contribution < 1.29 is 19.1 Å². The zero-order valence-corrected chi connectivity index (χ0v) is 12.3. The smallest absolute Gasteiger partial charge is 0.330 e. The Kier molecular flexibility index (Phi) is 15.1. The summed E-state index contributed by atoms with van der Waals surface area (Å²) in [5, 5.41) is 0. The van der Waals surface area contributed by atoms with Crippen molar-refractivity contribution in [2.45, 2.75) is 39.5 Å². The molecule has 1 unspecified atom stereocenters. The van der Waals surface area contributed by atoms with Crippen LogP contribution in [0.3, 0.4) is 0 Å². The summed E-state index contributed by atoms with van der Waals surface area (Å²) in [4.78, 5) is 20.6. The largest absolute Gasteiger partial charge is 0.466 e. The number of unbranched alkanes of at least 4 members (excludes halogenated alkanes) is 1. The highest BCUT2D eigenvalue weighted by Crippen LogP contribution is 2.12. The van der Waals surface area contributed by atoms with Crippen LogP contribution in [-0.4, -0.2) is 25.7 Å². The second-order valence-electron chi connectivity index (χ2n) is 3.98. The van der Waals surface area contributed by atoms with Gasteiger partial charge in [0.2, 0.25) is 0 Å². The van der Waals surface area contributed by atoms with Crippen LogP contribution in [0.1, 0.15) is 39.5 Å². The molecule has 0 aromatic rings. The van der Waals surface area contributed by atoms with Crippen LogP contribution in [0.2, 0.25) is 0 Å². The zero-order chi connectivity index (χ0) is 15.1. The molecule has 0 aromatic carbocycles. The number of carbonyl (C=O) groups is 2. The summed E-state index contributed by atoms with van der Waals surface area (Å²) in [6.45, 7) is 11.3. The van der Waals surface area contributed by atoms with E-state index in [4.69, 9.17) is 4.74 Å². The van der Waals surface area contributed by atoms with Crippen molar-refractivity contribution in [3.05, 3.63) is 25.3 Å². The topological polar surface area (TPSA) is 52.6 Å². The second kappa shape index (κ2) is 14.5. The molecule has 0 saturated carbocycles. The number of esters is 2. The van der Waals surface area contributed by atoms with Crippen LogP contribution in [0.25, 0.3) is 0 Å². The van der Waals surface area contributed by atoms with Crippen LogP contribution < -0.4 is 0 Å². The molecule has 0 amide bonds. The third-order valence-electron chi connectivity index (χ3n) is 2.54. The lowest BCUT2D eigenvalue weighted by atomic mass is 10.0. The molecule has 0 aliphatic rings. The molecule has 0 bridgehead atoms. The maximum Gasteiger partial charge on any atom is 0.330 e. The van der Waals surface area contributed by atoms with Crippen molar-refractivity contribution in [3.8, 4) is 0 Å². The van der Waals surface area contributed by atoms with Gasteiger partial charge in [0.25, 0.3) is 0 Å². The number of hydrogen-bond acceptors (Lipinski definition) is 4. The molecule has 0 spiro atoms. The normalized spacial score (nSPS) is 10.5. The van der Waals surface area contributed by atoms with E-state index in [0.29, 0.717) is 12.5 Å². The van der Waals surface area contributed by atoms with Crippen LogP contribution in [0.4, 0.5) is 0 Å². The van der Waals surface area contributed by atoms with Crippen LogP contribution in [-0.2, 0) is 19.1 Å². The molecule has 0 radical (unpaired) electrons. The highest BCUT2D eigenvalue weighted by Gasteiger charge is 2.07. The molecule has 0 aromatic heterocycles. The van der Waals surface area contributed by atoms with E-state index in [1.807, 2.05) is 0 Å². The Hall–Kier alpha value is -1.58. The van der Waals surface area contributed by atoms with Gasteiger partial charge in [-0.1, -0.05) is 46.3 Å². The molecule has 0 heterocycles. The quantitative estimate of drug-likeness (QED) is 0.501. The molecule has 110 valence electrons. The van der Waals surface area contributed by atoms with E-state index in [0.717, 1.165) is 18.9 Å². The first-order valence-electron chi connectivity index (χ1n) is 6.55. The van der Waals surface area contributed by atoms with Crippen molar-refractivity contribution >= 4 is 11.9 Å². The van der Waals surface area contributed by atoms with E-state index in [1.165, 1.54) is 26.0 Å². The number of rotatable bonds is 8. The molecule has 4 nitrogen and oxygen atoms in total. The van der Waals surface area contributed by atoms with Gasteiger partial charge < -0.3 is 9.47 Å². The molecule has 1 atom stereocenters. The van der Waals surface area contributed by atoms with Crippen molar-refractivity contribution in [1.82, 2.24) is 0 Å². The van der Waals surface area contributed by atoms with Crippen molar-refractivity contribution in [2.24, 2.45) is 5.92 Å². The molecular formula is C15H26O4. The highest BCUT2D eigenvalue weighted by molar-refractivity contribution is 5.81. The van der Waals surface area contributed by atoms with Gasteiger partial charge in [-0.15, -0.1) is 0 Å². The minimum atomic E-state index is -0.394. The van der Waals surface area contributed by atoms with Crippen LogP contribution in [0, 0.1) is 5.92 Å². The minimum absolute atomic E-state index is 0.310. The maximum absolute atomic E-state index is 10.8. The molecule has 0 saturated heterocycles. The Bertz CT molecular complexity index is 271. The Morgan fingerprint density at radius 2 is 1.74 bits per heavy atom. The van der Waals surface area contributed by atoms with E-state index < -0.39 is 5.97 Å². The summed E-state index contributed by atoms with van der Waals surface area (Å²) in [6.07, 6.45) is 6.96. The minimum Gasteiger partial charge on any atom is -0.466 e. The zero-order valence-electron chi connectivity index (χ0n) is 12.3. The monoisotopic (exact) mass is 270 g/mol. The summed E-state index contributed by atoms with van der Waals surface area (Å²) in [5.74, 6) is -0.186. The van der Waals surface area contributed by atoms with E-state index in [1.54, 1.807) is 0 Å². The van der Waals surface area contributed by atoms with Gasteiger partial charge in [0.15, 0.2) is 0 Å². The van der Waals surface area contributed by atoms with E-state index in [2.05, 4.69) is 31.7 Å². The van der Waals surface area contributed by atoms with Crippen molar-refractivity contribution in [3.63, 3.8) is 0 Å². The van der Waals surface area contributed by atoms with Gasteiger partial charge in [0.1, 0.15) is 0 Å². The Morgan fingerprint density at radius 3 is 2.05 bits per heavy atom. The Balaban J connectivity index is 0. The van der Waals surface area contributed by atoms with Gasteiger partial charge in [-0.25, -0.2) is 9.59 Å². The summed E-state index contributed by atoms with van der Waals surface area (Å²) in [6, 6.07) is 0. The Morgan fingerprint density at radius 1 is 1.16 bits per heavy atom. The molecule has 0 N–H and O–H groups in total. The lowest BCUT2D eigenvalue weighted by molar-refractivity contribution is -0.139. The van der Waals surface area contributed by atoms with Gasteiger partial charge in [0, 0.05) is 12.2 Å². The predicted octanol–water partition coefficient (Wildman–Crippen LogP) is 3.28. The molecular weight excluding hydrogens is 244 g/mol. The van der Waals surface area contributed by atoms with E-state index in [-0.39, 0.29) is 5.97 Å². The average molecular weight is 270 g/mol. The van der Waals surface area contributed by atoms with Gasteiger partial charge >= 0.3 is 11.9 Å². The van der Waals surface area contributed by atoms with Gasteiger partial charge in [-0.2, -0.15) is 0 Å². The van der Waals surface area contributed by atoms with Gasteiger partial charge in [0.05, 0.1) is 13.7 Å². The molecule has 0 aliphatic heterocycles. The first-order chi connectivity index (χ1) is 9.05. The molecule has 0 aliphatic carbocycles. The summed E-state index contributed by atoms with van der Waals surface area (Å²) in [7, 11) is 1.31. The highest BCUT2D eigenvalue weighted by atomic mass is 16.5. The Labute approximate surface area is 116 Å². The number of methoxy groups -OCH3 is 1. The van der Waals surface area contributed by atoms with Crippen molar-refractivity contribution in [1.29, 1.82) is 0 Å². The summed E-state index contributed by atoms with van der Waals surface area (Å²) >= 11 is 0. The van der Waals surface area contributed by atoms with E-state index in [9.17, 15) is 9.59 Å². The van der Waals surface area contributed by atoms with Crippen LogP contribution in [0.15, 0.2) is 25.3 Å². The van der Waals surface area contributed by atoms with Gasteiger partial charge in [-0.05, 0) is 12.3 Å². The third-order valence-corrected chi connectivity index (χ3v) is 2.54. The number of hydrogen-bond donors (Lipinski definition) is 0. The maximum atomic E-state index is 10.8. The first kappa shape index (κ1) is 19.8. The van der Waals surface area contributed by atoms with E-state index >= 15 is 0 Å². The first-order valence-corrected chi connectivity index (χ1v) is 6.55. The predicted molar refractivity (Wildman–Crippen MR) is 76.7 cm³/mol. The SMILES string of the molecule is C=CC(=O)OC.C=CC(=O)OCC(CC)CCCC. The second-order valence-corrected chi connectivity index (χ2v) is 3.98. The fourth-order valence-corrected chi connectivity index (χ4v) is 1.24. The molecule has 19 heavy (non-hydrogen) atoms. The third kappa shape index (κ3) is 14.4. The molecule has 4 heteroatoms. The van der Waals surface area contributed by atoms with Crippen LogP contribution in [0.5, 0.6) is 0 Å². The average Bonchev–Trinajstić information content (AvgIpc) is 2.46. The van der Waals surface area contributed by atoms with Crippen LogP contribution >= 0.6 is 0 Å². The standard InChI is InChI=1S/C11H20O2.C4H6O2/c1-4-7-8-10(5-2)9-13-11(12)6-3;1-3-4(5)6-2/h6,10H,3-5,7-9H2,1-2H3;3H,1H2,2H3.